The van der Waals surface area contributed by atoms with Crippen LogP contribution >= 0.6 is 0 Å². The van der Waals surface area contributed by atoms with Gasteiger partial charge in [-0.05, 0) is 43.3 Å². The second-order valence-corrected chi connectivity index (χ2v) is 8.65. The van der Waals surface area contributed by atoms with Crippen molar-refractivity contribution in [3.63, 3.8) is 0 Å². The molecule has 5 nitrogen and oxygen atoms in total. The van der Waals surface area contributed by atoms with E-state index in [1.165, 1.54) is 0 Å². The molecule has 0 radical (unpaired) electrons. The summed E-state index contributed by atoms with van der Waals surface area (Å²) in [5, 5.41) is 0. The maximum Gasteiger partial charge on any atom is 0.253 e. The van der Waals surface area contributed by atoms with E-state index >= 15 is 0 Å². The molecular weight excluding hydrogens is 400 g/mol. The van der Waals surface area contributed by atoms with Crippen LogP contribution in [0.5, 0.6) is 5.75 Å². The number of ether oxygens (including phenoxy) is 1. The summed E-state index contributed by atoms with van der Waals surface area (Å²) in [4.78, 5) is 30.1. The van der Waals surface area contributed by atoms with Crippen LogP contribution in [0.1, 0.15) is 35.2 Å². The predicted molar refractivity (Wildman–Crippen MR) is 124 cm³/mol. The summed E-state index contributed by atoms with van der Waals surface area (Å²) in [6, 6.07) is 25.1. The molecule has 0 atom stereocenters. The van der Waals surface area contributed by atoms with Crippen molar-refractivity contribution in [2.45, 2.75) is 31.8 Å². The highest BCUT2D eigenvalue weighted by atomic mass is 16.5. The Kier molecular flexibility index (Phi) is 5.17. The molecule has 2 heterocycles. The molecule has 2 aliphatic rings. The Labute approximate surface area is 188 Å². The van der Waals surface area contributed by atoms with Gasteiger partial charge in [0, 0.05) is 37.2 Å². The van der Waals surface area contributed by atoms with Gasteiger partial charge in [0.1, 0.15) is 11.4 Å². The Bertz CT molecular complexity index is 1130. The number of anilines is 2. The summed E-state index contributed by atoms with van der Waals surface area (Å²) in [6.45, 7) is 3.14. The predicted octanol–water partition coefficient (Wildman–Crippen LogP) is 5.12. The van der Waals surface area contributed by atoms with Crippen molar-refractivity contribution in [2.75, 3.05) is 18.0 Å². The number of hydrogen-bond acceptors (Lipinski definition) is 3. The lowest BCUT2D eigenvalue weighted by atomic mass is 9.87. The molecule has 0 N–H and O–H groups in total. The van der Waals surface area contributed by atoms with Crippen molar-refractivity contribution in [1.29, 1.82) is 0 Å². The van der Waals surface area contributed by atoms with Gasteiger partial charge in [0.15, 0.2) is 0 Å². The molecule has 1 fully saturated rings. The number of hydrogen-bond donors (Lipinski definition) is 0. The zero-order valence-corrected chi connectivity index (χ0v) is 18.2. The number of carbonyl (C=O) groups excluding carboxylic acids is 2. The van der Waals surface area contributed by atoms with Gasteiger partial charge in [-0.25, -0.2) is 0 Å². The number of likely N-dealkylation sites (tertiary alicyclic amines) is 1. The fourth-order valence-corrected chi connectivity index (χ4v) is 4.62. The van der Waals surface area contributed by atoms with E-state index in [-0.39, 0.29) is 18.2 Å². The lowest BCUT2D eigenvalue weighted by molar-refractivity contribution is -0.122. The average Bonchev–Trinajstić information content (AvgIpc) is 2.93. The standard InChI is InChI=1S/C27H26N2O3/c1-20-11-13-21(14-12-20)26(31)28-17-15-27(16-18-28)19-25(30)29(22-7-3-2-4-8-22)23-9-5-6-10-24(23)32-27/h2-14H,15-19H2,1H3. The van der Waals surface area contributed by atoms with E-state index < -0.39 is 5.60 Å². The van der Waals surface area contributed by atoms with E-state index in [9.17, 15) is 9.59 Å². The van der Waals surface area contributed by atoms with Gasteiger partial charge in [-0.2, -0.15) is 0 Å². The number of carbonyl (C=O) groups is 2. The van der Waals surface area contributed by atoms with Gasteiger partial charge in [-0.3, -0.25) is 14.5 Å². The van der Waals surface area contributed by atoms with Crippen LogP contribution in [0.2, 0.25) is 0 Å². The molecule has 2 amide bonds. The highest BCUT2D eigenvalue weighted by Gasteiger charge is 2.44. The molecule has 0 unspecified atom stereocenters. The van der Waals surface area contributed by atoms with Crippen molar-refractivity contribution in [3.8, 4) is 5.75 Å². The molecule has 3 aromatic rings. The molecule has 1 spiro atoms. The summed E-state index contributed by atoms with van der Waals surface area (Å²) in [7, 11) is 0. The molecule has 5 heteroatoms. The first kappa shape index (κ1) is 20.3. The van der Waals surface area contributed by atoms with E-state index in [2.05, 4.69) is 0 Å². The number of fused-ring (bicyclic) bond motifs is 1. The Morgan fingerprint density at radius 1 is 0.875 bits per heavy atom. The molecule has 3 aromatic carbocycles. The van der Waals surface area contributed by atoms with Gasteiger partial charge in [-0.15, -0.1) is 0 Å². The molecule has 0 aliphatic carbocycles. The fraction of sp³-hybridized carbons (Fsp3) is 0.259. The number of aryl methyl sites for hydroxylation is 1. The Morgan fingerprint density at radius 2 is 1.53 bits per heavy atom. The number of piperidine rings is 1. The monoisotopic (exact) mass is 426 g/mol. The second-order valence-electron chi connectivity index (χ2n) is 8.65. The van der Waals surface area contributed by atoms with Crippen molar-refractivity contribution < 1.29 is 14.3 Å². The SMILES string of the molecule is Cc1ccc(C(=O)N2CCC3(CC2)CC(=O)N(c2ccccc2)c2ccccc2O3)cc1. The van der Waals surface area contributed by atoms with Gasteiger partial charge >= 0.3 is 0 Å². The highest BCUT2D eigenvalue weighted by Crippen LogP contribution is 2.43. The summed E-state index contributed by atoms with van der Waals surface area (Å²) in [5.74, 6) is 0.756. The minimum absolute atomic E-state index is 0.0134. The first-order valence-electron chi connectivity index (χ1n) is 11.1. The minimum atomic E-state index is -0.610. The molecule has 0 aromatic heterocycles. The second kappa shape index (κ2) is 8.15. The van der Waals surface area contributed by atoms with Gasteiger partial charge in [0.25, 0.3) is 5.91 Å². The van der Waals surface area contributed by atoms with Crippen LogP contribution in [0.4, 0.5) is 11.4 Å². The zero-order valence-electron chi connectivity index (χ0n) is 18.2. The van der Waals surface area contributed by atoms with Gasteiger partial charge in [-0.1, -0.05) is 48.0 Å². The quantitative estimate of drug-likeness (QED) is 0.572. The number of benzene rings is 3. The van der Waals surface area contributed by atoms with Crippen molar-refractivity contribution in [1.82, 2.24) is 4.90 Å². The third kappa shape index (κ3) is 3.75. The molecule has 2 aliphatic heterocycles. The fourth-order valence-electron chi connectivity index (χ4n) is 4.62. The van der Waals surface area contributed by atoms with Crippen molar-refractivity contribution >= 4 is 23.2 Å². The molecular formula is C27H26N2O3. The molecule has 0 bridgehead atoms. The van der Waals surface area contributed by atoms with Crippen molar-refractivity contribution in [2.24, 2.45) is 0 Å². The van der Waals surface area contributed by atoms with E-state index in [1.807, 2.05) is 90.7 Å². The third-order valence-corrected chi connectivity index (χ3v) is 6.43. The van der Waals surface area contributed by atoms with Gasteiger partial charge in [0.2, 0.25) is 5.91 Å². The molecule has 5 rings (SSSR count). The lowest BCUT2D eigenvalue weighted by Gasteiger charge is -2.40. The topological polar surface area (TPSA) is 49.9 Å². The molecule has 162 valence electrons. The Balaban J connectivity index is 1.39. The van der Waals surface area contributed by atoms with Crippen LogP contribution in [-0.4, -0.2) is 35.4 Å². The van der Waals surface area contributed by atoms with Gasteiger partial charge < -0.3 is 9.64 Å². The maximum absolute atomic E-state index is 13.5. The van der Waals surface area contributed by atoms with Crippen LogP contribution in [-0.2, 0) is 4.79 Å². The highest BCUT2D eigenvalue weighted by molar-refractivity contribution is 6.03. The van der Waals surface area contributed by atoms with Crippen molar-refractivity contribution in [3.05, 3.63) is 90.0 Å². The van der Waals surface area contributed by atoms with Crippen LogP contribution in [0.25, 0.3) is 0 Å². The van der Waals surface area contributed by atoms with Crippen LogP contribution in [0, 0.1) is 6.92 Å². The average molecular weight is 427 g/mol. The van der Waals surface area contributed by atoms with Crippen LogP contribution in [0.3, 0.4) is 0 Å². The molecule has 0 saturated carbocycles. The molecule has 1 saturated heterocycles. The summed E-state index contributed by atoms with van der Waals surface area (Å²) < 4.78 is 6.56. The normalized spacial score (nSPS) is 17.5. The molecule has 32 heavy (non-hydrogen) atoms. The summed E-state index contributed by atoms with van der Waals surface area (Å²) in [6.07, 6.45) is 1.52. The smallest absolute Gasteiger partial charge is 0.253 e. The summed E-state index contributed by atoms with van der Waals surface area (Å²) in [5.41, 5.74) is 2.81. The Morgan fingerprint density at radius 3 is 2.25 bits per heavy atom. The van der Waals surface area contributed by atoms with E-state index in [1.54, 1.807) is 4.90 Å². The zero-order chi connectivity index (χ0) is 22.1. The summed E-state index contributed by atoms with van der Waals surface area (Å²) >= 11 is 0. The van der Waals surface area contributed by atoms with E-state index in [0.717, 1.165) is 16.9 Å². The number of para-hydroxylation sites is 3. The lowest BCUT2D eigenvalue weighted by Crippen LogP contribution is -2.51. The van der Waals surface area contributed by atoms with Crippen LogP contribution < -0.4 is 9.64 Å². The first-order chi connectivity index (χ1) is 15.5. The van der Waals surface area contributed by atoms with Crippen LogP contribution in [0.15, 0.2) is 78.9 Å². The number of rotatable bonds is 2. The minimum Gasteiger partial charge on any atom is -0.484 e. The maximum atomic E-state index is 13.5. The van der Waals surface area contributed by atoms with E-state index in [4.69, 9.17) is 4.74 Å². The number of nitrogens with zero attached hydrogens (tertiary/aromatic N) is 2. The Hall–Kier alpha value is -3.60. The largest absolute Gasteiger partial charge is 0.484 e. The first-order valence-corrected chi connectivity index (χ1v) is 11.1. The van der Waals surface area contributed by atoms with Gasteiger partial charge in [0.05, 0.1) is 12.1 Å². The number of amides is 2. The van der Waals surface area contributed by atoms with E-state index in [0.29, 0.717) is 37.2 Å². The third-order valence-electron chi connectivity index (χ3n) is 6.43.